The zero-order valence-electron chi connectivity index (χ0n) is 16.6. The molecule has 0 aromatic heterocycles. The molecule has 0 aliphatic heterocycles. The lowest BCUT2D eigenvalue weighted by Crippen LogP contribution is -2.42. The Balaban J connectivity index is 1.86. The van der Waals surface area contributed by atoms with Crippen molar-refractivity contribution in [3.05, 3.63) is 64.7 Å². The molecule has 2 aromatic rings. The molecule has 0 radical (unpaired) electrons. The first-order valence-electron chi connectivity index (χ1n) is 9.00. The summed E-state index contributed by atoms with van der Waals surface area (Å²) in [6.45, 7) is 1.47. The zero-order valence-corrected chi connectivity index (χ0v) is 19.0. The van der Waals surface area contributed by atoms with Gasteiger partial charge in [0.2, 0.25) is 26.0 Å². The number of nitrogens with zero attached hydrogens (tertiary/aromatic N) is 1. The highest BCUT2D eigenvalue weighted by molar-refractivity contribution is 7.89. The SMILES string of the molecule is Cc1ccc(S(=O)(=O)NCCNC(=O)CN(Cc2ccc(Cl)cc2)S(C)(=O)=O)cc1. The molecule has 0 atom stereocenters. The van der Waals surface area contributed by atoms with Gasteiger partial charge in [-0.25, -0.2) is 21.6 Å². The molecule has 2 N–H and O–H groups in total. The summed E-state index contributed by atoms with van der Waals surface area (Å²) in [4.78, 5) is 12.3. The maximum atomic E-state index is 12.2. The molecule has 0 bridgehead atoms. The fourth-order valence-electron chi connectivity index (χ4n) is 2.49. The summed E-state index contributed by atoms with van der Waals surface area (Å²) in [7, 11) is -7.32. The van der Waals surface area contributed by atoms with Gasteiger partial charge in [-0.05, 0) is 36.8 Å². The number of rotatable bonds is 10. The molecule has 0 saturated carbocycles. The minimum absolute atomic E-state index is 0.0163. The smallest absolute Gasteiger partial charge is 0.240 e. The van der Waals surface area contributed by atoms with Gasteiger partial charge in [-0.2, -0.15) is 4.31 Å². The third-order valence-electron chi connectivity index (χ3n) is 4.13. The fraction of sp³-hybridized carbons (Fsp3) is 0.316. The lowest BCUT2D eigenvalue weighted by atomic mass is 10.2. The lowest BCUT2D eigenvalue weighted by Gasteiger charge is -2.19. The van der Waals surface area contributed by atoms with Crippen molar-refractivity contribution in [3.63, 3.8) is 0 Å². The van der Waals surface area contributed by atoms with Crippen molar-refractivity contribution >= 4 is 37.6 Å². The Morgan fingerprint density at radius 2 is 1.57 bits per heavy atom. The summed E-state index contributed by atoms with van der Waals surface area (Å²) in [6.07, 6.45) is 1.02. The molecule has 0 aliphatic carbocycles. The van der Waals surface area contributed by atoms with Crippen molar-refractivity contribution < 1.29 is 21.6 Å². The summed E-state index contributed by atoms with van der Waals surface area (Å²) >= 11 is 5.83. The molecule has 0 heterocycles. The lowest BCUT2D eigenvalue weighted by molar-refractivity contribution is -0.121. The minimum Gasteiger partial charge on any atom is -0.354 e. The molecular formula is C19H24ClN3O5S2. The molecule has 0 aliphatic rings. The van der Waals surface area contributed by atoms with Gasteiger partial charge in [-0.3, -0.25) is 4.79 Å². The molecule has 2 aromatic carbocycles. The minimum atomic E-state index is -3.68. The van der Waals surface area contributed by atoms with Gasteiger partial charge in [0.15, 0.2) is 0 Å². The van der Waals surface area contributed by atoms with Gasteiger partial charge in [0.25, 0.3) is 0 Å². The number of carbonyl (C=O) groups is 1. The van der Waals surface area contributed by atoms with E-state index in [-0.39, 0.29) is 31.1 Å². The van der Waals surface area contributed by atoms with Gasteiger partial charge in [-0.1, -0.05) is 41.4 Å². The maximum Gasteiger partial charge on any atom is 0.240 e. The Kier molecular flexibility index (Phi) is 8.39. The third-order valence-corrected chi connectivity index (χ3v) is 7.06. The van der Waals surface area contributed by atoms with E-state index in [4.69, 9.17) is 11.6 Å². The van der Waals surface area contributed by atoms with Crippen LogP contribution >= 0.6 is 11.6 Å². The first-order chi connectivity index (χ1) is 14.0. The first kappa shape index (κ1) is 24.3. The van der Waals surface area contributed by atoms with Crippen molar-refractivity contribution in [3.8, 4) is 0 Å². The van der Waals surface area contributed by atoms with Crippen LogP contribution in [0.4, 0.5) is 0 Å². The summed E-state index contributed by atoms with van der Waals surface area (Å²) in [5.41, 5.74) is 1.62. The predicted molar refractivity (Wildman–Crippen MR) is 116 cm³/mol. The van der Waals surface area contributed by atoms with Crippen molar-refractivity contribution in [2.75, 3.05) is 25.9 Å². The quantitative estimate of drug-likeness (QED) is 0.508. The van der Waals surface area contributed by atoms with Crippen LogP contribution in [0.1, 0.15) is 11.1 Å². The van der Waals surface area contributed by atoms with Crippen LogP contribution in [0.3, 0.4) is 0 Å². The average Bonchev–Trinajstić information content (AvgIpc) is 2.66. The number of hydrogen-bond donors (Lipinski definition) is 2. The van der Waals surface area contributed by atoms with Gasteiger partial charge < -0.3 is 5.32 Å². The van der Waals surface area contributed by atoms with Gasteiger partial charge in [0, 0.05) is 24.7 Å². The van der Waals surface area contributed by atoms with Crippen LogP contribution in [0.5, 0.6) is 0 Å². The largest absolute Gasteiger partial charge is 0.354 e. The van der Waals surface area contributed by atoms with E-state index in [1.54, 1.807) is 36.4 Å². The summed E-state index contributed by atoms with van der Waals surface area (Å²) in [5, 5.41) is 3.04. The third kappa shape index (κ3) is 7.69. The molecule has 0 unspecified atom stereocenters. The number of aryl methyl sites for hydroxylation is 1. The number of sulfonamides is 2. The van der Waals surface area contributed by atoms with E-state index in [1.165, 1.54) is 12.1 Å². The summed E-state index contributed by atoms with van der Waals surface area (Å²) in [5.74, 6) is -0.538. The Morgan fingerprint density at radius 3 is 2.13 bits per heavy atom. The van der Waals surface area contributed by atoms with Gasteiger partial charge in [-0.15, -0.1) is 0 Å². The second-order valence-electron chi connectivity index (χ2n) is 6.72. The summed E-state index contributed by atoms with van der Waals surface area (Å²) in [6, 6.07) is 13.0. The van der Waals surface area contributed by atoms with Crippen LogP contribution < -0.4 is 10.0 Å². The number of benzene rings is 2. The van der Waals surface area contributed by atoms with E-state index in [2.05, 4.69) is 10.0 Å². The predicted octanol–water partition coefficient (Wildman–Crippen LogP) is 1.50. The average molecular weight is 474 g/mol. The van der Waals surface area contributed by atoms with Crippen molar-refractivity contribution in [2.45, 2.75) is 18.4 Å². The van der Waals surface area contributed by atoms with Gasteiger partial charge in [0.1, 0.15) is 0 Å². The highest BCUT2D eigenvalue weighted by atomic mass is 35.5. The number of amides is 1. The molecule has 2 rings (SSSR count). The molecular weight excluding hydrogens is 450 g/mol. The van der Waals surface area contributed by atoms with Crippen molar-refractivity contribution in [2.24, 2.45) is 0 Å². The summed E-state index contributed by atoms with van der Waals surface area (Å²) < 4.78 is 51.8. The van der Waals surface area contributed by atoms with E-state index in [1.807, 2.05) is 6.92 Å². The monoisotopic (exact) mass is 473 g/mol. The molecule has 1 amide bonds. The Bertz CT molecular complexity index is 1070. The van der Waals surface area contributed by atoms with Gasteiger partial charge in [0.05, 0.1) is 17.7 Å². The van der Waals surface area contributed by atoms with Crippen LogP contribution in [0, 0.1) is 6.92 Å². The molecule has 164 valence electrons. The van der Waals surface area contributed by atoms with Crippen LogP contribution in [0.25, 0.3) is 0 Å². The number of nitrogens with one attached hydrogen (secondary N) is 2. The molecule has 8 nitrogen and oxygen atoms in total. The highest BCUT2D eigenvalue weighted by Gasteiger charge is 2.20. The van der Waals surface area contributed by atoms with E-state index >= 15 is 0 Å². The van der Waals surface area contributed by atoms with Crippen molar-refractivity contribution in [1.82, 2.24) is 14.3 Å². The first-order valence-corrected chi connectivity index (χ1v) is 12.7. The molecule has 0 spiro atoms. The number of halogens is 1. The molecule has 30 heavy (non-hydrogen) atoms. The molecule has 11 heteroatoms. The number of carbonyl (C=O) groups excluding carboxylic acids is 1. The topological polar surface area (TPSA) is 113 Å². The zero-order chi connectivity index (χ0) is 22.4. The highest BCUT2D eigenvalue weighted by Crippen LogP contribution is 2.13. The van der Waals surface area contributed by atoms with E-state index in [9.17, 15) is 21.6 Å². The number of hydrogen-bond acceptors (Lipinski definition) is 5. The van der Waals surface area contributed by atoms with Crippen LogP contribution in [0.15, 0.2) is 53.4 Å². The van der Waals surface area contributed by atoms with E-state index in [0.29, 0.717) is 10.6 Å². The Labute approximate surface area is 182 Å². The van der Waals surface area contributed by atoms with Crippen LogP contribution in [0.2, 0.25) is 5.02 Å². The second kappa shape index (κ2) is 10.4. The molecule has 0 fully saturated rings. The Hall–Kier alpha value is -1.98. The van der Waals surface area contributed by atoms with Crippen molar-refractivity contribution in [1.29, 1.82) is 0 Å². The normalized spacial score (nSPS) is 12.1. The van der Waals surface area contributed by atoms with Gasteiger partial charge >= 0.3 is 0 Å². The van der Waals surface area contributed by atoms with E-state index < -0.39 is 26.0 Å². The standard InChI is InChI=1S/C19H24ClN3O5S2/c1-15-3-9-18(10-4-15)30(27,28)22-12-11-21-19(24)14-23(29(2,25)26)13-16-5-7-17(20)8-6-16/h3-10,22H,11-14H2,1-2H3,(H,21,24). The van der Waals surface area contributed by atoms with Crippen LogP contribution in [-0.4, -0.2) is 52.9 Å². The van der Waals surface area contributed by atoms with Crippen LogP contribution in [-0.2, 0) is 31.4 Å². The van der Waals surface area contributed by atoms with E-state index in [0.717, 1.165) is 16.1 Å². The maximum absolute atomic E-state index is 12.2. The second-order valence-corrected chi connectivity index (χ2v) is 10.9. The fourth-order valence-corrected chi connectivity index (χ4v) is 4.38. The Morgan fingerprint density at radius 1 is 0.967 bits per heavy atom. The molecule has 0 saturated heterocycles.